The van der Waals surface area contributed by atoms with Crippen LogP contribution in [0.1, 0.15) is 44.9 Å². The third kappa shape index (κ3) is 2.62. The summed E-state index contributed by atoms with van der Waals surface area (Å²) in [4.78, 5) is 11.9. The van der Waals surface area contributed by atoms with Gasteiger partial charge in [-0.3, -0.25) is 0 Å². The number of fused-ring (bicyclic) bond motifs is 2. The molecule has 2 saturated heterocycles. The Balaban J connectivity index is 1.42. The molecule has 3 aliphatic rings. The minimum Gasteiger partial charge on any atom is -0.393 e. The van der Waals surface area contributed by atoms with Crippen LogP contribution in [0.3, 0.4) is 0 Å². The fourth-order valence-electron chi connectivity index (χ4n) is 3.41. The first-order chi connectivity index (χ1) is 8.70. The second-order valence-corrected chi connectivity index (χ2v) is 5.84. The van der Waals surface area contributed by atoms with Gasteiger partial charge < -0.3 is 20.5 Å². The van der Waals surface area contributed by atoms with Crippen LogP contribution < -0.4 is 10.6 Å². The lowest BCUT2D eigenvalue weighted by molar-refractivity contribution is 0.0976. The van der Waals surface area contributed by atoms with Gasteiger partial charge >= 0.3 is 6.03 Å². The number of hydrogen-bond donors (Lipinski definition) is 3. The van der Waals surface area contributed by atoms with E-state index in [1.54, 1.807) is 0 Å². The molecule has 2 bridgehead atoms. The predicted molar refractivity (Wildman–Crippen MR) is 66.2 cm³/mol. The Kier molecular flexibility index (Phi) is 3.43. The van der Waals surface area contributed by atoms with Crippen molar-refractivity contribution in [1.82, 2.24) is 10.6 Å². The number of rotatable bonds is 2. The largest absolute Gasteiger partial charge is 0.393 e. The maximum atomic E-state index is 11.9. The molecule has 18 heavy (non-hydrogen) atoms. The van der Waals surface area contributed by atoms with Crippen molar-refractivity contribution >= 4 is 6.03 Å². The lowest BCUT2D eigenvalue weighted by Gasteiger charge is -2.27. The molecule has 3 atom stereocenters. The van der Waals surface area contributed by atoms with Crippen molar-refractivity contribution < 1.29 is 14.6 Å². The molecular formula is C13H22N2O3. The van der Waals surface area contributed by atoms with E-state index < -0.39 is 0 Å². The molecule has 0 radical (unpaired) electrons. The molecular weight excluding hydrogens is 232 g/mol. The summed E-state index contributed by atoms with van der Waals surface area (Å²) in [6, 6.07) is 0.336. The second-order valence-electron chi connectivity index (χ2n) is 5.84. The molecule has 3 unspecified atom stereocenters. The van der Waals surface area contributed by atoms with Crippen LogP contribution in [0.4, 0.5) is 4.79 Å². The molecule has 2 heterocycles. The van der Waals surface area contributed by atoms with Gasteiger partial charge in [0.1, 0.15) is 0 Å². The van der Waals surface area contributed by atoms with Crippen LogP contribution in [-0.4, -0.2) is 41.5 Å². The number of aliphatic hydroxyl groups is 1. The summed E-state index contributed by atoms with van der Waals surface area (Å²) >= 11 is 0. The van der Waals surface area contributed by atoms with Gasteiger partial charge in [-0.15, -0.1) is 0 Å². The fraction of sp³-hybridized carbons (Fsp3) is 0.923. The van der Waals surface area contributed by atoms with Crippen LogP contribution in [0.2, 0.25) is 0 Å². The molecule has 3 rings (SSSR count). The third-order valence-electron chi connectivity index (χ3n) is 4.45. The Morgan fingerprint density at radius 1 is 1.06 bits per heavy atom. The van der Waals surface area contributed by atoms with Gasteiger partial charge in [-0.1, -0.05) is 0 Å². The van der Waals surface area contributed by atoms with E-state index in [-0.39, 0.29) is 30.3 Å². The second kappa shape index (κ2) is 5.05. The molecule has 0 aromatic heterocycles. The van der Waals surface area contributed by atoms with E-state index in [1.807, 2.05) is 0 Å². The maximum absolute atomic E-state index is 11.9. The molecule has 3 N–H and O–H groups in total. The summed E-state index contributed by atoms with van der Waals surface area (Å²) in [5, 5.41) is 15.5. The average molecular weight is 254 g/mol. The first kappa shape index (κ1) is 12.2. The Labute approximate surface area is 107 Å². The number of hydrogen-bond acceptors (Lipinski definition) is 3. The van der Waals surface area contributed by atoms with E-state index >= 15 is 0 Å². The van der Waals surface area contributed by atoms with E-state index in [9.17, 15) is 9.90 Å². The SMILES string of the molecule is O=C(NC1CCC(O)CC1)NC1CC2CCC1O2. The Morgan fingerprint density at radius 2 is 1.83 bits per heavy atom. The average Bonchev–Trinajstić information content (AvgIpc) is 2.94. The summed E-state index contributed by atoms with van der Waals surface area (Å²) in [7, 11) is 0. The first-order valence-electron chi connectivity index (χ1n) is 7.11. The minimum atomic E-state index is -0.176. The van der Waals surface area contributed by atoms with E-state index in [1.165, 1.54) is 0 Å². The number of carbonyl (C=O) groups is 1. The van der Waals surface area contributed by atoms with Gasteiger partial charge in [-0.2, -0.15) is 0 Å². The van der Waals surface area contributed by atoms with Gasteiger partial charge in [0.2, 0.25) is 0 Å². The van der Waals surface area contributed by atoms with Crippen molar-refractivity contribution in [3.05, 3.63) is 0 Å². The zero-order chi connectivity index (χ0) is 12.5. The quantitative estimate of drug-likeness (QED) is 0.686. The van der Waals surface area contributed by atoms with Crippen LogP contribution in [0.15, 0.2) is 0 Å². The highest BCUT2D eigenvalue weighted by Crippen LogP contribution is 2.34. The third-order valence-corrected chi connectivity index (χ3v) is 4.45. The zero-order valence-corrected chi connectivity index (χ0v) is 10.6. The number of amides is 2. The number of aliphatic hydroxyl groups excluding tert-OH is 1. The molecule has 2 amide bonds. The number of carbonyl (C=O) groups excluding carboxylic acids is 1. The summed E-state index contributed by atoms with van der Waals surface area (Å²) in [6.07, 6.45) is 6.94. The Morgan fingerprint density at radius 3 is 2.44 bits per heavy atom. The highest BCUT2D eigenvalue weighted by atomic mass is 16.5. The fourth-order valence-corrected chi connectivity index (χ4v) is 3.41. The zero-order valence-electron chi connectivity index (χ0n) is 10.6. The molecule has 0 spiro atoms. The van der Waals surface area contributed by atoms with Gasteiger partial charge in [-0.25, -0.2) is 4.79 Å². The molecule has 5 heteroatoms. The molecule has 2 aliphatic heterocycles. The summed E-state index contributed by atoms with van der Waals surface area (Å²) in [5.74, 6) is 0. The highest BCUT2D eigenvalue weighted by molar-refractivity contribution is 5.74. The monoisotopic (exact) mass is 254 g/mol. The smallest absolute Gasteiger partial charge is 0.315 e. The van der Waals surface area contributed by atoms with Gasteiger partial charge in [0, 0.05) is 6.04 Å². The molecule has 1 saturated carbocycles. The molecule has 5 nitrogen and oxygen atoms in total. The van der Waals surface area contributed by atoms with Gasteiger partial charge in [0.15, 0.2) is 0 Å². The van der Waals surface area contributed by atoms with Crippen molar-refractivity contribution in [1.29, 1.82) is 0 Å². The lowest BCUT2D eigenvalue weighted by Crippen LogP contribution is -2.50. The van der Waals surface area contributed by atoms with E-state index in [2.05, 4.69) is 10.6 Å². The summed E-state index contributed by atoms with van der Waals surface area (Å²) in [5.41, 5.74) is 0. The van der Waals surface area contributed by atoms with Crippen LogP contribution in [0.25, 0.3) is 0 Å². The van der Waals surface area contributed by atoms with Crippen LogP contribution in [0.5, 0.6) is 0 Å². The van der Waals surface area contributed by atoms with Gasteiger partial charge in [0.25, 0.3) is 0 Å². The number of ether oxygens (including phenoxy) is 1. The molecule has 0 aromatic carbocycles. The standard InChI is InChI=1S/C13H22N2O3/c16-9-3-1-8(2-4-9)14-13(17)15-11-7-10-5-6-12(11)18-10/h8-12,16H,1-7H2,(H2,14,15,17). The van der Waals surface area contributed by atoms with Crippen LogP contribution in [-0.2, 0) is 4.74 Å². The lowest BCUT2D eigenvalue weighted by atomic mass is 9.93. The molecule has 1 aliphatic carbocycles. The van der Waals surface area contributed by atoms with Gasteiger partial charge in [0.05, 0.1) is 24.4 Å². The highest BCUT2D eigenvalue weighted by Gasteiger charge is 2.41. The van der Waals surface area contributed by atoms with Crippen molar-refractivity contribution in [3.63, 3.8) is 0 Å². The molecule has 0 aromatic rings. The summed E-state index contributed by atoms with van der Waals surface area (Å²) < 4.78 is 5.71. The van der Waals surface area contributed by atoms with E-state index in [0.717, 1.165) is 44.9 Å². The van der Waals surface area contributed by atoms with E-state index in [4.69, 9.17) is 4.74 Å². The van der Waals surface area contributed by atoms with Gasteiger partial charge in [-0.05, 0) is 44.9 Å². The van der Waals surface area contributed by atoms with Crippen molar-refractivity contribution in [2.75, 3.05) is 0 Å². The number of urea groups is 1. The Bertz CT molecular complexity index is 315. The number of nitrogens with one attached hydrogen (secondary N) is 2. The molecule has 102 valence electrons. The molecule has 3 fully saturated rings. The topological polar surface area (TPSA) is 70.6 Å². The normalized spacial score (nSPS) is 42.8. The van der Waals surface area contributed by atoms with E-state index in [0.29, 0.717) is 6.10 Å². The van der Waals surface area contributed by atoms with Crippen molar-refractivity contribution in [3.8, 4) is 0 Å². The predicted octanol–water partition coefficient (Wildman–Crippen LogP) is 0.909. The minimum absolute atomic E-state index is 0.0717. The van der Waals surface area contributed by atoms with Crippen molar-refractivity contribution in [2.24, 2.45) is 0 Å². The maximum Gasteiger partial charge on any atom is 0.315 e. The van der Waals surface area contributed by atoms with Crippen LogP contribution >= 0.6 is 0 Å². The van der Waals surface area contributed by atoms with Crippen LogP contribution in [0, 0.1) is 0 Å². The van der Waals surface area contributed by atoms with Crippen molar-refractivity contribution in [2.45, 2.75) is 75.3 Å². The Hall–Kier alpha value is -0.810. The first-order valence-corrected chi connectivity index (χ1v) is 7.11. The summed E-state index contributed by atoms with van der Waals surface area (Å²) in [6.45, 7) is 0.